The van der Waals surface area contributed by atoms with Crippen LogP contribution in [0.15, 0.2) is 36.4 Å². The minimum absolute atomic E-state index is 0.929. The Morgan fingerprint density at radius 3 is 2.65 bits per heavy atom. The summed E-state index contributed by atoms with van der Waals surface area (Å²) in [6, 6.07) is 8.37. The topological polar surface area (TPSA) is 12.5 Å². The third kappa shape index (κ3) is 3.60. The maximum atomic E-state index is 5.17. The van der Waals surface area contributed by atoms with E-state index in [1.165, 1.54) is 30.5 Å². The van der Waals surface area contributed by atoms with Gasteiger partial charge in [0, 0.05) is 13.1 Å². The summed E-state index contributed by atoms with van der Waals surface area (Å²) >= 11 is 0. The van der Waals surface area contributed by atoms with Gasteiger partial charge in [-0.3, -0.25) is 4.90 Å². The molecule has 0 amide bonds. The summed E-state index contributed by atoms with van der Waals surface area (Å²) in [5.41, 5.74) is 2.76. The Morgan fingerprint density at radius 2 is 1.94 bits per heavy atom. The van der Waals surface area contributed by atoms with E-state index in [1.807, 2.05) is 12.1 Å². The van der Waals surface area contributed by atoms with Gasteiger partial charge in [-0.25, -0.2) is 0 Å². The Kier molecular flexibility index (Phi) is 4.21. The van der Waals surface area contributed by atoms with Gasteiger partial charge in [0.15, 0.2) is 0 Å². The van der Waals surface area contributed by atoms with Gasteiger partial charge in [-0.1, -0.05) is 24.3 Å². The Balaban J connectivity index is 1.92. The molecule has 1 aromatic rings. The lowest BCUT2D eigenvalue weighted by molar-refractivity contribution is 0.278. The van der Waals surface area contributed by atoms with Crippen LogP contribution in [0.1, 0.15) is 24.8 Å². The SMILES string of the molecule is C=C1CCCN(Cc2ccc(OC)cc2)CC1. The molecule has 0 N–H and O–H groups in total. The van der Waals surface area contributed by atoms with Gasteiger partial charge in [0.1, 0.15) is 5.75 Å². The molecule has 0 spiro atoms. The van der Waals surface area contributed by atoms with Crippen molar-refractivity contribution in [3.8, 4) is 5.75 Å². The summed E-state index contributed by atoms with van der Waals surface area (Å²) in [5, 5.41) is 0. The summed E-state index contributed by atoms with van der Waals surface area (Å²) in [5.74, 6) is 0.929. The normalized spacial score (nSPS) is 17.8. The number of nitrogens with zero attached hydrogens (tertiary/aromatic N) is 1. The Labute approximate surface area is 104 Å². The van der Waals surface area contributed by atoms with E-state index in [4.69, 9.17) is 4.74 Å². The fourth-order valence-corrected chi connectivity index (χ4v) is 2.25. The molecule has 1 aliphatic heterocycles. The van der Waals surface area contributed by atoms with Crippen LogP contribution in [0.4, 0.5) is 0 Å². The predicted molar refractivity (Wildman–Crippen MR) is 71.3 cm³/mol. The van der Waals surface area contributed by atoms with Crippen molar-refractivity contribution < 1.29 is 4.74 Å². The summed E-state index contributed by atoms with van der Waals surface area (Å²) in [6.45, 7) is 7.46. The van der Waals surface area contributed by atoms with E-state index in [-0.39, 0.29) is 0 Å². The number of hydrogen-bond acceptors (Lipinski definition) is 2. The highest BCUT2D eigenvalue weighted by atomic mass is 16.5. The molecule has 0 aromatic heterocycles. The van der Waals surface area contributed by atoms with Crippen LogP contribution in [-0.2, 0) is 6.54 Å². The molecule has 1 saturated heterocycles. The standard InChI is InChI=1S/C15H21NO/c1-13-4-3-10-16(11-9-13)12-14-5-7-15(17-2)8-6-14/h5-8H,1,3-4,9-12H2,2H3. The predicted octanol–water partition coefficient (Wildman–Crippen LogP) is 3.24. The van der Waals surface area contributed by atoms with E-state index >= 15 is 0 Å². The zero-order chi connectivity index (χ0) is 12.1. The van der Waals surface area contributed by atoms with E-state index < -0.39 is 0 Å². The molecular formula is C15H21NO. The van der Waals surface area contributed by atoms with Crippen molar-refractivity contribution in [1.82, 2.24) is 4.90 Å². The van der Waals surface area contributed by atoms with Crippen molar-refractivity contribution in [2.24, 2.45) is 0 Å². The van der Waals surface area contributed by atoms with Gasteiger partial charge in [-0.2, -0.15) is 0 Å². The second-order valence-electron chi connectivity index (χ2n) is 4.73. The minimum Gasteiger partial charge on any atom is -0.497 e. The lowest BCUT2D eigenvalue weighted by Crippen LogP contribution is -2.23. The van der Waals surface area contributed by atoms with Gasteiger partial charge in [0.05, 0.1) is 7.11 Å². The highest BCUT2D eigenvalue weighted by molar-refractivity contribution is 5.27. The molecule has 1 aliphatic rings. The van der Waals surface area contributed by atoms with Gasteiger partial charge in [0.2, 0.25) is 0 Å². The maximum Gasteiger partial charge on any atom is 0.118 e. The van der Waals surface area contributed by atoms with E-state index in [1.54, 1.807) is 7.11 Å². The number of benzene rings is 1. The fraction of sp³-hybridized carbons (Fsp3) is 0.467. The third-order valence-electron chi connectivity index (χ3n) is 3.35. The summed E-state index contributed by atoms with van der Waals surface area (Å²) in [4.78, 5) is 2.51. The van der Waals surface area contributed by atoms with Crippen molar-refractivity contribution in [2.45, 2.75) is 25.8 Å². The number of hydrogen-bond donors (Lipinski definition) is 0. The average molecular weight is 231 g/mol. The lowest BCUT2D eigenvalue weighted by Gasteiger charge is -2.19. The molecule has 2 heteroatoms. The van der Waals surface area contributed by atoms with Crippen molar-refractivity contribution in [3.63, 3.8) is 0 Å². The molecule has 1 heterocycles. The molecular weight excluding hydrogens is 210 g/mol. The molecule has 0 saturated carbocycles. The fourth-order valence-electron chi connectivity index (χ4n) is 2.25. The van der Waals surface area contributed by atoms with E-state index in [0.29, 0.717) is 0 Å². The summed E-state index contributed by atoms with van der Waals surface area (Å²) in [7, 11) is 1.70. The summed E-state index contributed by atoms with van der Waals surface area (Å²) < 4.78 is 5.17. The van der Waals surface area contributed by atoms with E-state index in [9.17, 15) is 0 Å². The maximum absolute atomic E-state index is 5.17. The number of methoxy groups -OCH3 is 1. The Bertz CT molecular complexity index is 369. The smallest absolute Gasteiger partial charge is 0.118 e. The molecule has 17 heavy (non-hydrogen) atoms. The Morgan fingerprint density at radius 1 is 1.18 bits per heavy atom. The first-order valence-corrected chi connectivity index (χ1v) is 6.30. The lowest BCUT2D eigenvalue weighted by atomic mass is 10.1. The molecule has 0 radical (unpaired) electrons. The second kappa shape index (κ2) is 5.87. The molecule has 92 valence electrons. The highest BCUT2D eigenvalue weighted by Crippen LogP contribution is 2.18. The monoisotopic (exact) mass is 231 g/mol. The van der Waals surface area contributed by atoms with Gasteiger partial charge in [0.25, 0.3) is 0 Å². The molecule has 0 aliphatic carbocycles. The second-order valence-corrected chi connectivity index (χ2v) is 4.73. The van der Waals surface area contributed by atoms with E-state index in [2.05, 4.69) is 23.6 Å². The third-order valence-corrected chi connectivity index (χ3v) is 3.35. The zero-order valence-corrected chi connectivity index (χ0v) is 10.6. The average Bonchev–Trinajstić information content (AvgIpc) is 2.56. The van der Waals surface area contributed by atoms with Crippen LogP contribution in [0.2, 0.25) is 0 Å². The highest BCUT2D eigenvalue weighted by Gasteiger charge is 2.11. The molecule has 0 bridgehead atoms. The Hall–Kier alpha value is -1.28. The van der Waals surface area contributed by atoms with Crippen LogP contribution in [0.3, 0.4) is 0 Å². The molecule has 0 atom stereocenters. The van der Waals surface area contributed by atoms with Gasteiger partial charge in [-0.05, 0) is 43.5 Å². The van der Waals surface area contributed by atoms with Crippen molar-refractivity contribution in [2.75, 3.05) is 20.2 Å². The largest absolute Gasteiger partial charge is 0.497 e. The van der Waals surface area contributed by atoms with Crippen LogP contribution >= 0.6 is 0 Å². The van der Waals surface area contributed by atoms with Crippen LogP contribution in [0, 0.1) is 0 Å². The quantitative estimate of drug-likeness (QED) is 0.740. The van der Waals surface area contributed by atoms with Crippen molar-refractivity contribution >= 4 is 0 Å². The first kappa shape index (κ1) is 12.2. The number of ether oxygens (including phenoxy) is 1. The number of likely N-dealkylation sites (tertiary alicyclic amines) is 1. The van der Waals surface area contributed by atoms with Crippen LogP contribution in [0.25, 0.3) is 0 Å². The molecule has 2 rings (SSSR count). The minimum atomic E-state index is 0.929. The van der Waals surface area contributed by atoms with Crippen LogP contribution in [-0.4, -0.2) is 25.1 Å². The van der Waals surface area contributed by atoms with Crippen LogP contribution < -0.4 is 4.74 Å². The molecule has 2 nitrogen and oxygen atoms in total. The molecule has 1 aromatic carbocycles. The first-order valence-electron chi connectivity index (χ1n) is 6.30. The van der Waals surface area contributed by atoms with Gasteiger partial charge < -0.3 is 4.74 Å². The van der Waals surface area contributed by atoms with Crippen LogP contribution in [0.5, 0.6) is 5.75 Å². The molecule has 1 fully saturated rings. The first-order chi connectivity index (χ1) is 8.28. The number of rotatable bonds is 3. The van der Waals surface area contributed by atoms with E-state index in [0.717, 1.165) is 25.3 Å². The van der Waals surface area contributed by atoms with Crippen molar-refractivity contribution in [3.05, 3.63) is 42.0 Å². The zero-order valence-electron chi connectivity index (χ0n) is 10.6. The van der Waals surface area contributed by atoms with Crippen molar-refractivity contribution in [1.29, 1.82) is 0 Å². The van der Waals surface area contributed by atoms with Gasteiger partial charge in [-0.15, -0.1) is 0 Å². The van der Waals surface area contributed by atoms with Gasteiger partial charge >= 0.3 is 0 Å². The summed E-state index contributed by atoms with van der Waals surface area (Å²) in [6.07, 6.45) is 3.59. The molecule has 0 unspecified atom stereocenters.